The molecule has 0 aliphatic heterocycles. The van der Waals surface area contributed by atoms with Crippen LogP contribution >= 0.6 is 0 Å². The molecule has 0 spiro atoms. The molecule has 41 valence electrons. The maximum atomic E-state index is 10.6. The van der Waals surface area contributed by atoms with Gasteiger partial charge in [0.1, 0.15) is 0 Å². The number of hydrogen-bond acceptors (Lipinski definition) is 1. The van der Waals surface area contributed by atoms with Crippen LogP contribution in [-0.4, -0.2) is 12.1 Å². The predicted molar refractivity (Wildman–Crippen MR) is 14.5 cm³/mol. The Morgan fingerprint density at radius 3 is 1.57 bits per heavy atom. The molecule has 7 heavy (non-hydrogen) atoms. The molecule has 0 aliphatic rings. The van der Waals surface area contributed by atoms with E-state index in [1.54, 1.807) is 0 Å². The summed E-state index contributed by atoms with van der Waals surface area (Å²) in [6, 6.07) is 0. The van der Waals surface area contributed by atoms with E-state index in [0.29, 0.717) is 0 Å². The lowest BCUT2D eigenvalue weighted by atomic mass is 10.7. The SMILES string of the molecule is N=C([O])C(F)(F)F. The summed E-state index contributed by atoms with van der Waals surface area (Å²) in [6.07, 6.45) is -4.97. The first-order valence-electron chi connectivity index (χ1n) is 1.27. The first-order chi connectivity index (χ1) is 2.94. The first-order valence-corrected chi connectivity index (χ1v) is 1.27. The topological polar surface area (TPSA) is 43.8 Å². The second-order valence-corrected chi connectivity index (χ2v) is 0.827. The van der Waals surface area contributed by atoms with Gasteiger partial charge in [0.05, 0.1) is 0 Å². The number of alkyl halides is 3. The zero-order chi connectivity index (χ0) is 6.08. The van der Waals surface area contributed by atoms with Crippen LogP contribution in [0.5, 0.6) is 0 Å². The van der Waals surface area contributed by atoms with E-state index in [4.69, 9.17) is 10.5 Å². The number of halogens is 3. The van der Waals surface area contributed by atoms with Crippen molar-refractivity contribution in [3.8, 4) is 0 Å². The summed E-state index contributed by atoms with van der Waals surface area (Å²) in [5.41, 5.74) is 0. The van der Waals surface area contributed by atoms with E-state index in [1.807, 2.05) is 0 Å². The molecule has 5 heteroatoms. The van der Waals surface area contributed by atoms with Crippen LogP contribution in [0.15, 0.2) is 0 Å². The van der Waals surface area contributed by atoms with E-state index in [1.165, 1.54) is 0 Å². The normalized spacial score (nSPS) is 11.3. The fourth-order valence-electron chi connectivity index (χ4n) is 0. The molecule has 0 unspecified atom stereocenters. The highest BCUT2D eigenvalue weighted by Gasteiger charge is 2.36. The monoisotopic (exact) mass is 112 g/mol. The quantitative estimate of drug-likeness (QED) is 0.358. The lowest BCUT2D eigenvalue weighted by Crippen LogP contribution is -2.19. The van der Waals surface area contributed by atoms with Crippen LogP contribution < -0.4 is 0 Å². The highest BCUT2D eigenvalue weighted by Crippen LogP contribution is 2.13. The molecule has 0 aromatic rings. The fourth-order valence-corrected chi connectivity index (χ4v) is 0. The van der Waals surface area contributed by atoms with Gasteiger partial charge in [-0.2, -0.15) is 13.2 Å². The molecule has 0 atom stereocenters. The molecule has 0 aromatic carbocycles. The minimum atomic E-state index is -4.97. The lowest BCUT2D eigenvalue weighted by molar-refractivity contribution is -0.0785. The summed E-state index contributed by atoms with van der Waals surface area (Å²) in [4.78, 5) is 0. The van der Waals surface area contributed by atoms with E-state index >= 15 is 0 Å². The van der Waals surface area contributed by atoms with Crippen LogP contribution in [0.1, 0.15) is 0 Å². The molecule has 0 saturated carbocycles. The Bertz CT molecular complexity index is 85.4. The molecule has 1 N–H and O–H groups in total. The van der Waals surface area contributed by atoms with Crippen molar-refractivity contribution >= 4 is 5.90 Å². The second kappa shape index (κ2) is 1.40. The molecule has 0 bridgehead atoms. The third-order valence-corrected chi connectivity index (χ3v) is 0.257. The predicted octanol–water partition coefficient (Wildman–Crippen LogP) is 0.956. The Kier molecular flexibility index (Phi) is 1.25. The number of hydrogen-bond donors (Lipinski definition) is 1. The number of nitrogens with one attached hydrogen (secondary N) is 1. The third kappa shape index (κ3) is 2.02. The van der Waals surface area contributed by atoms with Crippen LogP contribution in [0.3, 0.4) is 0 Å². The van der Waals surface area contributed by atoms with Gasteiger partial charge in [0.2, 0.25) is 0 Å². The lowest BCUT2D eigenvalue weighted by Gasteiger charge is -1.94. The van der Waals surface area contributed by atoms with Crippen LogP contribution in [0.2, 0.25) is 0 Å². The van der Waals surface area contributed by atoms with Crippen molar-refractivity contribution in [3.63, 3.8) is 0 Å². The minimum Gasteiger partial charge on any atom is -0.263 e. The van der Waals surface area contributed by atoms with Crippen molar-refractivity contribution < 1.29 is 18.3 Å². The van der Waals surface area contributed by atoms with Crippen molar-refractivity contribution in [1.82, 2.24) is 0 Å². The van der Waals surface area contributed by atoms with E-state index in [0.717, 1.165) is 0 Å². The molecule has 0 amide bonds. The molecule has 0 saturated heterocycles. The van der Waals surface area contributed by atoms with E-state index < -0.39 is 12.1 Å². The Morgan fingerprint density at radius 2 is 1.57 bits per heavy atom. The maximum Gasteiger partial charge on any atom is 0.472 e. The Labute approximate surface area is 37.1 Å². The molecule has 0 heterocycles. The van der Waals surface area contributed by atoms with Gasteiger partial charge >= 0.3 is 12.1 Å². The van der Waals surface area contributed by atoms with E-state index in [-0.39, 0.29) is 0 Å². The van der Waals surface area contributed by atoms with Crippen molar-refractivity contribution in [2.45, 2.75) is 6.18 Å². The average Bonchev–Trinajstić information content (AvgIpc) is 1.31. The zero-order valence-corrected chi connectivity index (χ0v) is 3.04. The average molecular weight is 112 g/mol. The van der Waals surface area contributed by atoms with Gasteiger partial charge in [0.25, 0.3) is 0 Å². The molecule has 0 aliphatic carbocycles. The Hall–Kier alpha value is -0.740. The summed E-state index contributed by atoms with van der Waals surface area (Å²) in [5, 5.41) is 14.5. The van der Waals surface area contributed by atoms with Gasteiger partial charge in [-0.15, -0.1) is 0 Å². The third-order valence-electron chi connectivity index (χ3n) is 0.257. The highest BCUT2D eigenvalue weighted by atomic mass is 19.4. The van der Waals surface area contributed by atoms with Crippen molar-refractivity contribution in [1.29, 1.82) is 5.41 Å². The summed E-state index contributed by atoms with van der Waals surface area (Å²) in [6.45, 7) is 0. The van der Waals surface area contributed by atoms with Gasteiger partial charge in [-0.25, -0.2) is 0 Å². The molecular formula is C2HF3NO. The summed E-state index contributed by atoms with van der Waals surface area (Å²) in [7, 11) is 0. The van der Waals surface area contributed by atoms with E-state index in [2.05, 4.69) is 0 Å². The zero-order valence-electron chi connectivity index (χ0n) is 3.04. The van der Waals surface area contributed by atoms with Gasteiger partial charge in [-0.1, -0.05) is 0 Å². The van der Waals surface area contributed by atoms with Gasteiger partial charge < -0.3 is 0 Å². The standard InChI is InChI=1S/C2HF3NO/c3-2(4,5)1(6)7/h6H. The Balaban J connectivity index is 3.79. The molecule has 0 aromatic heterocycles. The van der Waals surface area contributed by atoms with Crippen molar-refractivity contribution in [2.24, 2.45) is 0 Å². The molecular weight excluding hydrogens is 111 g/mol. The van der Waals surface area contributed by atoms with Crippen LogP contribution in [0.25, 0.3) is 0 Å². The largest absolute Gasteiger partial charge is 0.472 e. The van der Waals surface area contributed by atoms with Crippen LogP contribution in [0.4, 0.5) is 13.2 Å². The first kappa shape index (κ1) is 6.26. The molecule has 0 fully saturated rings. The van der Waals surface area contributed by atoms with Crippen LogP contribution in [0, 0.1) is 5.41 Å². The Morgan fingerprint density at radius 1 is 1.43 bits per heavy atom. The minimum absolute atomic E-state index is 2.51. The summed E-state index contributed by atoms with van der Waals surface area (Å²) >= 11 is 0. The summed E-state index contributed by atoms with van der Waals surface area (Å²) < 4.78 is 31.9. The highest BCUT2D eigenvalue weighted by molar-refractivity contribution is 5.75. The van der Waals surface area contributed by atoms with Gasteiger partial charge in [0.15, 0.2) is 0 Å². The summed E-state index contributed by atoms with van der Waals surface area (Å²) in [5.74, 6) is -2.51. The molecule has 1 radical (unpaired) electrons. The van der Waals surface area contributed by atoms with Gasteiger partial charge in [0, 0.05) is 0 Å². The van der Waals surface area contributed by atoms with Gasteiger partial charge in [-0.05, 0) is 0 Å². The van der Waals surface area contributed by atoms with Gasteiger partial charge in [-0.3, -0.25) is 10.5 Å². The van der Waals surface area contributed by atoms with Crippen LogP contribution in [-0.2, 0) is 5.11 Å². The number of rotatable bonds is 0. The van der Waals surface area contributed by atoms with Crippen molar-refractivity contribution in [2.75, 3.05) is 0 Å². The smallest absolute Gasteiger partial charge is 0.263 e. The molecule has 2 nitrogen and oxygen atoms in total. The fraction of sp³-hybridized carbons (Fsp3) is 0.500. The second-order valence-electron chi connectivity index (χ2n) is 0.827. The maximum absolute atomic E-state index is 10.6. The van der Waals surface area contributed by atoms with E-state index in [9.17, 15) is 13.2 Å². The molecule has 0 rings (SSSR count). The van der Waals surface area contributed by atoms with Crippen molar-refractivity contribution in [3.05, 3.63) is 0 Å².